The predicted molar refractivity (Wildman–Crippen MR) is 70.1 cm³/mol. The third-order valence-electron chi connectivity index (χ3n) is 3.05. The lowest BCUT2D eigenvalue weighted by Crippen LogP contribution is -2.05. The van der Waals surface area contributed by atoms with Crippen molar-refractivity contribution in [3.63, 3.8) is 0 Å². The van der Waals surface area contributed by atoms with Gasteiger partial charge in [0.1, 0.15) is 12.5 Å². The van der Waals surface area contributed by atoms with Crippen LogP contribution in [-0.4, -0.2) is 11.9 Å². The Bertz CT molecular complexity index is 555. The molecule has 0 atom stereocenters. The van der Waals surface area contributed by atoms with Crippen molar-refractivity contribution in [1.29, 1.82) is 0 Å². The second kappa shape index (κ2) is 5.17. The maximum absolute atomic E-state index is 11.4. The van der Waals surface area contributed by atoms with Crippen LogP contribution in [0.4, 0.5) is 0 Å². The molecule has 0 N–H and O–H groups in total. The summed E-state index contributed by atoms with van der Waals surface area (Å²) in [6, 6.07) is 3.67. The molecule has 0 unspecified atom stereocenters. The van der Waals surface area contributed by atoms with Gasteiger partial charge in [-0.15, -0.1) is 11.3 Å². The topological polar surface area (TPSA) is 52.6 Å². The second-order valence-corrected chi connectivity index (χ2v) is 6.05. The van der Waals surface area contributed by atoms with Crippen LogP contribution >= 0.6 is 11.3 Å². The molecule has 0 amide bonds. The largest absolute Gasteiger partial charge is 0.433 e. The summed E-state index contributed by atoms with van der Waals surface area (Å²) in [5.41, 5.74) is 0. The summed E-state index contributed by atoms with van der Waals surface area (Å²) in [7, 11) is 0. The monoisotopic (exact) mass is 278 g/mol. The molecule has 2 saturated carbocycles. The molecule has 0 aromatic carbocycles. The summed E-state index contributed by atoms with van der Waals surface area (Å²) in [4.78, 5) is 22.7. The molecule has 0 spiro atoms. The molecule has 4 nitrogen and oxygen atoms in total. The fourth-order valence-electron chi connectivity index (χ4n) is 1.56. The average molecular weight is 278 g/mol. The lowest BCUT2D eigenvalue weighted by molar-refractivity contribution is -0.138. The van der Waals surface area contributed by atoms with Gasteiger partial charge >= 0.3 is 11.9 Å². The van der Waals surface area contributed by atoms with Gasteiger partial charge in [-0.3, -0.25) is 9.59 Å². The fourth-order valence-corrected chi connectivity index (χ4v) is 2.29. The third kappa shape index (κ3) is 3.44. The van der Waals surface area contributed by atoms with Crippen molar-refractivity contribution in [1.82, 2.24) is 0 Å². The van der Waals surface area contributed by atoms with Gasteiger partial charge in [-0.25, -0.2) is 0 Å². The predicted octanol–water partition coefficient (Wildman–Crippen LogP) is 1.13. The molecule has 0 bridgehead atoms. The quantitative estimate of drug-likeness (QED) is 0.775. The van der Waals surface area contributed by atoms with E-state index in [-0.39, 0.29) is 23.8 Å². The lowest BCUT2D eigenvalue weighted by atomic mass is 10.4. The first-order valence-corrected chi connectivity index (χ1v) is 7.21. The Labute approximate surface area is 114 Å². The molecule has 2 aliphatic carbocycles. The molecule has 2 aliphatic rings. The van der Waals surface area contributed by atoms with E-state index in [2.05, 4.69) is 0 Å². The van der Waals surface area contributed by atoms with Crippen molar-refractivity contribution < 1.29 is 19.1 Å². The van der Waals surface area contributed by atoms with Gasteiger partial charge < -0.3 is 9.47 Å². The molecular formula is C14H14O4S. The first kappa shape index (κ1) is 12.4. The zero-order valence-electron chi connectivity index (χ0n) is 10.3. The number of carbonyl (C=O) groups is 2. The molecule has 1 heterocycles. The van der Waals surface area contributed by atoms with E-state index >= 15 is 0 Å². The molecule has 19 heavy (non-hydrogen) atoms. The van der Waals surface area contributed by atoms with E-state index in [0.717, 1.165) is 34.7 Å². The molecule has 0 radical (unpaired) electrons. The molecule has 2 fully saturated rings. The minimum atomic E-state index is -0.154. The Hall–Kier alpha value is -1.62. The molecule has 1 aromatic heterocycles. The Kier molecular flexibility index (Phi) is 3.38. The van der Waals surface area contributed by atoms with E-state index in [1.165, 1.54) is 23.9 Å². The van der Waals surface area contributed by atoms with E-state index < -0.39 is 0 Å². The minimum absolute atomic E-state index is 0.0988. The van der Waals surface area contributed by atoms with Gasteiger partial charge in [0, 0.05) is 0 Å². The number of hydrogen-bond donors (Lipinski definition) is 0. The van der Waals surface area contributed by atoms with Crippen LogP contribution in [0, 0.1) is 11.8 Å². The van der Waals surface area contributed by atoms with Crippen LogP contribution in [0.2, 0.25) is 0 Å². The van der Waals surface area contributed by atoms with Crippen molar-refractivity contribution in [3.8, 4) is 0 Å². The van der Waals surface area contributed by atoms with E-state index in [0.29, 0.717) is 0 Å². The highest BCUT2D eigenvalue weighted by atomic mass is 32.1. The van der Waals surface area contributed by atoms with Crippen molar-refractivity contribution in [2.75, 3.05) is 0 Å². The zero-order chi connectivity index (χ0) is 13.2. The Morgan fingerprint density at radius 1 is 0.947 bits per heavy atom. The fraction of sp³-hybridized carbons (Fsp3) is 0.429. The number of hydrogen-bond acceptors (Lipinski definition) is 5. The van der Waals surface area contributed by atoms with Gasteiger partial charge in [-0.05, 0) is 37.8 Å². The normalized spacial score (nSPS) is 20.4. The maximum Gasteiger partial charge on any atom is 0.313 e. The Balaban J connectivity index is 1.61. The summed E-state index contributed by atoms with van der Waals surface area (Å²) in [6.45, 7) is 0. The third-order valence-corrected chi connectivity index (χ3v) is 3.99. The van der Waals surface area contributed by atoms with Gasteiger partial charge in [0.15, 0.2) is 0 Å². The number of rotatable bonds is 4. The number of ether oxygens (including phenoxy) is 2. The summed E-state index contributed by atoms with van der Waals surface area (Å²) < 4.78 is 11.8. The van der Waals surface area contributed by atoms with Crippen molar-refractivity contribution in [2.24, 2.45) is 11.8 Å². The molecule has 0 saturated heterocycles. The van der Waals surface area contributed by atoms with Crippen molar-refractivity contribution in [2.45, 2.75) is 25.7 Å². The van der Waals surface area contributed by atoms with Gasteiger partial charge in [0.2, 0.25) is 0 Å². The minimum Gasteiger partial charge on any atom is -0.433 e. The molecule has 3 rings (SSSR count). The molecule has 1 aromatic rings. The van der Waals surface area contributed by atoms with Gasteiger partial charge in [0.05, 0.1) is 20.9 Å². The SMILES string of the molecule is O=C(OC=c1ccc(=COC(=O)C2CC2)s1)C1CC1. The van der Waals surface area contributed by atoms with Crippen LogP contribution in [0.1, 0.15) is 25.7 Å². The van der Waals surface area contributed by atoms with E-state index in [9.17, 15) is 9.59 Å². The van der Waals surface area contributed by atoms with E-state index in [1.54, 1.807) is 0 Å². The molecule has 5 heteroatoms. The van der Waals surface area contributed by atoms with Gasteiger partial charge in [-0.2, -0.15) is 0 Å². The lowest BCUT2D eigenvalue weighted by Gasteiger charge is -1.93. The van der Waals surface area contributed by atoms with E-state index in [1.807, 2.05) is 12.1 Å². The Morgan fingerprint density at radius 2 is 1.37 bits per heavy atom. The number of esters is 2. The molecular weight excluding hydrogens is 264 g/mol. The number of thiophene rings is 1. The Morgan fingerprint density at radius 3 is 1.74 bits per heavy atom. The van der Waals surface area contributed by atoms with E-state index in [4.69, 9.17) is 9.47 Å². The van der Waals surface area contributed by atoms with Crippen molar-refractivity contribution >= 4 is 35.8 Å². The second-order valence-electron chi connectivity index (χ2n) is 4.90. The van der Waals surface area contributed by atoms with Crippen LogP contribution < -0.4 is 9.06 Å². The summed E-state index contributed by atoms with van der Waals surface area (Å²) in [5, 5.41) is 0. The standard InChI is InChI=1S/C14H14O4S/c15-13(9-1-2-9)17-7-11-5-6-12(19-11)8-18-14(16)10-3-4-10/h5-10H,1-4H2. The summed E-state index contributed by atoms with van der Waals surface area (Å²) in [6.07, 6.45) is 6.68. The molecule has 0 aliphatic heterocycles. The van der Waals surface area contributed by atoms with Crippen molar-refractivity contribution in [3.05, 3.63) is 21.2 Å². The van der Waals surface area contributed by atoms with Crippen LogP contribution in [0.25, 0.3) is 12.5 Å². The van der Waals surface area contributed by atoms with Gasteiger partial charge in [0.25, 0.3) is 0 Å². The molecule has 100 valence electrons. The highest BCUT2D eigenvalue weighted by Crippen LogP contribution is 2.30. The van der Waals surface area contributed by atoms with Gasteiger partial charge in [-0.1, -0.05) is 0 Å². The van der Waals surface area contributed by atoms with Crippen LogP contribution in [0.5, 0.6) is 0 Å². The average Bonchev–Trinajstić information content (AvgIpc) is 3.29. The first-order valence-electron chi connectivity index (χ1n) is 6.39. The maximum atomic E-state index is 11.4. The number of carbonyl (C=O) groups excluding carboxylic acids is 2. The highest BCUT2D eigenvalue weighted by Gasteiger charge is 2.31. The summed E-state index contributed by atoms with van der Waals surface area (Å²) >= 11 is 1.42. The first-order chi connectivity index (χ1) is 9.22. The van der Waals surface area contributed by atoms with Crippen LogP contribution in [-0.2, 0) is 19.1 Å². The summed E-state index contributed by atoms with van der Waals surface area (Å²) in [5.74, 6) is -0.110. The van der Waals surface area contributed by atoms with Crippen LogP contribution in [0.15, 0.2) is 12.1 Å². The highest BCUT2D eigenvalue weighted by molar-refractivity contribution is 7.07. The zero-order valence-corrected chi connectivity index (χ0v) is 11.2. The van der Waals surface area contributed by atoms with Crippen LogP contribution in [0.3, 0.4) is 0 Å². The smallest absolute Gasteiger partial charge is 0.313 e.